The van der Waals surface area contributed by atoms with Crippen LogP contribution in [0.25, 0.3) is 0 Å². The van der Waals surface area contributed by atoms with Crippen molar-refractivity contribution in [3.63, 3.8) is 0 Å². The second kappa shape index (κ2) is 8.04. The van der Waals surface area contributed by atoms with Crippen LogP contribution in [-0.4, -0.2) is 29.9 Å². The number of benzene rings is 2. The summed E-state index contributed by atoms with van der Waals surface area (Å²) in [5.41, 5.74) is 1.79. The number of likely N-dealkylation sites (tertiary alicyclic amines) is 1. The van der Waals surface area contributed by atoms with Crippen LogP contribution in [0.1, 0.15) is 31.9 Å². The summed E-state index contributed by atoms with van der Waals surface area (Å²) in [6.45, 7) is 4.97. The topological polar surface area (TPSA) is 58.6 Å². The van der Waals surface area contributed by atoms with E-state index < -0.39 is 0 Å². The lowest BCUT2D eigenvalue weighted by Crippen LogP contribution is -2.30. The SMILES string of the molecule is CCOc1ccc(NC(=O)[C@H]2CC(=O)N([C@@H](C)c3ccccc3)C2)cc1. The van der Waals surface area contributed by atoms with Crippen molar-refractivity contribution >= 4 is 17.5 Å². The highest BCUT2D eigenvalue weighted by Gasteiger charge is 2.36. The molecule has 1 fully saturated rings. The van der Waals surface area contributed by atoms with E-state index in [1.807, 2.05) is 68.4 Å². The number of ether oxygens (including phenoxy) is 1. The first-order valence-electron chi connectivity index (χ1n) is 8.96. The van der Waals surface area contributed by atoms with Gasteiger partial charge >= 0.3 is 0 Å². The molecule has 2 aromatic carbocycles. The highest BCUT2D eigenvalue weighted by atomic mass is 16.5. The molecule has 136 valence electrons. The van der Waals surface area contributed by atoms with Crippen LogP contribution in [0, 0.1) is 5.92 Å². The average molecular weight is 352 g/mol. The van der Waals surface area contributed by atoms with Crippen LogP contribution < -0.4 is 10.1 Å². The van der Waals surface area contributed by atoms with Gasteiger partial charge in [-0.25, -0.2) is 0 Å². The summed E-state index contributed by atoms with van der Waals surface area (Å²) in [6.07, 6.45) is 0.250. The first-order chi connectivity index (χ1) is 12.6. The van der Waals surface area contributed by atoms with Crippen LogP contribution >= 0.6 is 0 Å². The predicted octanol–water partition coefficient (Wildman–Crippen LogP) is 3.63. The number of carbonyl (C=O) groups is 2. The Balaban J connectivity index is 1.61. The molecule has 0 aliphatic carbocycles. The highest BCUT2D eigenvalue weighted by molar-refractivity contribution is 5.97. The third kappa shape index (κ3) is 4.04. The molecule has 5 heteroatoms. The van der Waals surface area contributed by atoms with Crippen molar-refractivity contribution in [3.05, 3.63) is 60.2 Å². The third-order valence-corrected chi connectivity index (χ3v) is 4.71. The smallest absolute Gasteiger partial charge is 0.229 e. The molecule has 1 aliphatic heterocycles. The number of nitrogens with zero attached hydrogens (tertiary/aromatic N) is 1. The van der Waals surface area contributed by atoms with Crippen molar-refractivity contribution in [1.29, 1.82) is 0 Å². The molecule has 2 amide bonds. The molecule has 5 nitrogen and oxygen atoms in total. The summed E-state index contributed by atoms with van der Waals surface area (Å²) in [6, 6.07) is 17.1. The van der Waals surface area contributed by atoms with Crippen molar-refractivity contribution in [2.24, 2.45) is 5.92 Å². The van der Waals surface area contributed by atoms with E-state index in [-0.39, 0.29) is 30.2 Å². The van der Waals surface area contributed by atoms with Crippen LogP contribution in [0.3, 0.4) is 0 Å². The molecule has 1 N–H and O–H groups in total. The molecule has 0 bridgehead atoms. The molecular weight excluding hydrogens is 328 g/mol. The number of carbonyl (C=O) groups excluding carboxylic acids is 2. The van der Waals surface area contributed by atoms with Gasteiger partial charge in [-0.15, -0.1) is 0 Å². The second-order valence-corrected chi connectivity index (χ2v) is 6.48. The minimum Gasteiger partial charge on any atom is -0.494 e. The lowest BCUT2D eigenvalue weighted by atomic mass is 10.1. The van der Waals surface area contributed by atoms with Crippen molar-refractivity contribution in [2.75, 3.05) is 18.5 Å². The minimum atomic E-state index is -0.333. The summed E-state index contributed by atoms with van der Waals surface area (Å²) in [7, 11) is 0. The van der Waals surface area contributed by atoms with Crippen LogP contribution in [0.5, 0.6) is 5.75 Å². The quantitative estimate of drug-likeness (QED) is 0.864. The average Bonchev–Trinajstić information content (AvgIpc) is 3.05. The van der Waals surface area contributed by atoms with Crippen molar-refractivity contribution in [1.82, 2.24) is 4.90 Å². The summed E-state index contributed by atoms with van der Waals surface area (Å²) >= 11 is 0. The van der Waals surface area contributed by atoms with Gasteiger partial charge in [-0.2, -0.15) is 0 Å². The zero-order valence-electron chi connectivity index (χ0n) is 15.1. The number of hydrogen-bond acceptors (Lipinski definition) is 3. The van der Waals surface area contributed by atoms with Crippen LogP contribution in [0.15, 0.2) is 54.6 Å². The highest BCUT2D eigenvalue weighted by Crippen LogP contribution is 2.29. The Morgan fingerprint density at radius 2 is 1.88 bits per heavy atom. The van der Waals surface area contributed by atoms with Crippen molar-refractivity contribution in [2.45, 2.75) is 26.3 Å². The van der Waals surface area contributed by atoms with Crippen LogP contribution in [0.2, 0.25) is 0 Å². The molecule has 0 unspecified atom stereocenters. The van der Waals surface area contributed by atoms with E-state index in [4.69, 9.17) is 4.74 Å². The third-order valence-electron chi connectivity index (χ3n) is 4.71. The minimum absolute atomic E-state index is 0.0215. The lowest BCUT2D eigenvalue weighted by Gasteiger charge is -2.25. The molecule has 1 heterocycles. The fraction of sp³-hybridized carbons (Fsp3) is 0.333. The monoisotopic (exact) mass is 352 g/mol. The summed E-state index contributed by atoms with van der Waals surface area (Å²) in [5.74, 6) is 0.336. The molecule has 2 atom stereocenters. The van der Waals surface area contributed by atoms with Crippen molar-refractivity contribution in [3.8, 4) is 5.75 Å². The van der Waals surface area contributed by atoms with Gasteiger partial charge in [0.1, 0.15) is 5.75 Å². The van der Waals surface area contributed by atoms with Crippen LogP contribution in [0.4, 0.5) is 5.69 Å². The molecule has 0 radical (unpaired) electrons. The Labute approximate surface area is 154 Å². The van der Waals surface area contributed by atoms with E-state index >= 15 is 0 Å². The predicted molar refractivity (Wildman–Crippen MR) is 101 cm³/mol. The van der Waals surface area contributed by atoms with Gasteiger partial charge in [-0.3, -0.25) is 9.59 Å². The normalized spacial score (nSPS) is 17.8. The molecule has 0 spiro atoms. The number of rotatable bonds is 6. The number of anilines is 1. The molecule has 0 aromatic heterocycles. The van der Waals surface area contributed by atoms with E-state index in [9.17, 15) is 9.59 Å². The maximum absolute atomic E-state index is 12.6. The molecule has 3 rings (SSSR count). The van der Waals surface area contributed by atoms with Gasteiger partial charge in [0.15, 0.2) is 0 Å². The summed E-state index contributed by atoms with van der Waals surface area (Å²) < 4.78 is 5.40. The lowest BCUT2D eigenvalue weighted by molar-refractivity contribution is -0.129. The molecule has 1 aliphatic rings. The van der Waals surface area contributed by atoms with Gasteiger partial charge in [-0.05, 0) is 43.7 Å². The van der Waals surface area contributed by atoms with E-state index in [1.54, 1.807) is 4.90 Å². The Hall–Kier alpha value is -2.82. The van der Waals surface area contributed by atoms with Gasteiger partial charge in [0, 0.05) is 18.7 Å². The maximum Gasteiger partial charge on any atom is 0.229 e. The Kier molecular flexibility index (Phi) is 5.56. The number of nitrogens with one attached hydrogen (secondary N) is 1. The molecular formula is C21H24N2O3. The van der Waals surface area contributed by atoms with E-state index in [1.165, 1.54) is 0 Å². The van der Waals surface area contributed by atoms with Gasteiger partial charge in [-0.1, -0.05) is 30.3 Å². The van der Waals surface area contributed by atoms with Gasteiger partial charge < -0.3 is 15.0 Å². The van der Waals surface area contributed by atoms with Gasteiger partial charge in [0.25, 0.3) is 0 Å². The summed E-state index contributed by atoms with van der Waals surface area (Å²) in [5, 5.41) is 2.90. The molecule has 26 heavy (non-hydrogen) atoms. The van der Waals surface area contributed by atoms with Gasteiger partial charge in [0.2, 0.25) is 11.8 Å². The molecule has 2 aromatic rings. The zero-order valence-corrected chi connectivity index (χ0v) is 15.1. The first-order valence-corrected chi connectivity index (χ1v) is 8.96. The summed E-state index contributed by atoms with van der Waals surface area (Å²) in [4.78, 5) is 26.7. The maximum atomic E-state index is 12.6. The van der Waals surface area contributed by atoms with E-state index in [0.717, 1.165) is 11.3 Å². The first kappa shape index (κ1) is 18.0. The standard InChI is InChI=1S/C21H24N2O3/c1-3-26-19-11-9-18(10-12-19)22-21(25)17-13-20(24)23(14-17)15(2)16-7-5-4-6-8-16/h4-12,15,17H,3,13-14H2,1-2H3,(H,22,25)/t15-,17-/m0/s1. The largest absolute Gasteiger partial charge is 0.494 e. The van der Waals surface area contributed by atoms with E-state index in [0.29, 0.717) is 18.8 Å². The fourth-order valence-electron chi connectivity index (χ4n) is 3.24. The Morgan fingerprint density at radius 1 is 1.19 bits per heavy atom. The number of amides is 2. The van der Waals surface area contributed by atoms with Gasteiger partial charge in [0.05, 0.1) is 18.6 Å². The zero-order chi connectivity index (χ0) is 18.5. The van der Waals surface area contributed by atoms with Crippen LogP contribution in [-0.2, 0) is 9.59 Å². The molecule has 0 saturated carbocycles. The molecule has 1 saturated heterocycles. The Bertz CT molecular complexity index is 759. The Morgan fingerprint density at radius 3 is 2.54 bits per heavy atom. The fourth-order valence-corrected chi connectivity index (χ4v) is 3.24. The van der Waals surface area contributed by atoms with Crippen molar-refractivity contribution < 1.29 is 14.3 Å². The van der Waals surface area contributed by atoms with E-state index in [2.05, 4.69) is 5.32 Å². The number of hydrogen-bond donors (Lipinski definition) is 1. The second-order valence-electron chi connectivity index (χ2n) is 6.48.